The first-order chi connectivity index (χ1) is 4.34. The van der Waals surface area contributed by atoms with Crippen molar-refractivity contribution in [1.29, 1.82) is 0 Å². The van der Waals surface area contributed by atoms with Gasteiger partial charge in [-0.2, -0.15) is 0 Å². The van der Waals surface area contributed by atoms with Crippen LogP contribution in [0.3, 0.4) is 0 Å². The molecule has 0 aromatic heterocycles. The molecule has 0 amide bonds. The number of rotatable bonds is 2. The van der Waals surface area contributed by atoms with E-state index < -0.39 is 0 Å². The Morgan fingerprint density at radius 1 is 1.78 bits per heavy atom. The summed E-state index contributed by atoms with van der Waals surface area (Å²) in [6, 6.07) is 0. The number of hydrogen-bond acceptors (Lipinski definition) is 0. The van der Waals surface area contributed by atoms with Crippen LogP contribution in [0.2, 0.25) is 0 Å². The zero-order chi connectivity index (χ0) is 6.69. The quantitative estimate of drug-likeness (QED) is 0.444. The Bertz CT molecular complexity index is 175. The van der Waals surface area contributed by atoms with E-state index in [-0.39, 0.29) is 0 Å². The molecule has 0 fully saturated rings. The van der Waals surface area contributed by atoms with Crippen LogP contribution in [0, 0.1) is 0 Å². The van der Waals surface area contributed by atoms with Crippen LogP contribution in [0.1, 0.15) is 12.8 Å². The number of hydrogen-bond donors (Lipinski definition) is 0. The Morgan fingerprint density at radius 2 is 2.56 bits per heavy atom. The average molecular weight is 175 g/mol. The van der Waals surface area contributed by atoms with Crippen molar-refractivity contribution in [2.75, 3.05) is 0 Å². The van der Waals surface area contributed by atoms with E-state index in [4.69, 9.17) is 0 Å². The molecule has 0 aromatic carbocycles. The van der Waals surface area contributed by atoms with Crippen molar-refractivity contribution in [3.8, 4) is 0 Å². The second kappa shape index (κ2) is 3.13. The van der Waals surface area contributed by atoms with Crippen LogP contribution >= 0.6 is 0 Å². The van der Waals surface area contributed by atoms with Crippen molar-refractivity contribution in [1.82, 2.24) is 0 Å². The van der Waals surface area contributed by atoms with E-state index in [1.807, 2.05) is 6.08 Å². The molecule has 0 N–H and O–H groups in total. The molecule has 0 saturated carbocycles. The molecule has 1 rings (SSSR count). The molecule has 0 atom stereocenters. The van der Waals surface area contributed by atoms with Crippen LogP contribution < -0.4 is 0 Å². The van der Waals surface area contributed by atoms with Gasteiger partial charge in [0.05, 0.1) is 0 Å². The van der Waals surface area contributed by atoms with E-state index in [0.29, 0.717) is 0 Å². The molecule has 44 valence electrons. The van der Waals surface area contributed by atoms with Crippen molar-refractivity contribution in [2.45, 2.75) is 12.8 Å². The van der Waals surface area contributed by atoms with Crippen molar-refractivity contribution >= 4 is 18.6 Å². The van der Waals surface area contributed by atoms with Crippen LogP contribution in [-0.4, -0.2) is 18.6 Å². The summed E-state index contributed by atoms with van der Waals surface area (Å²) in [6.07, 6.45) is 8.60. The second-order valence-corrected chi connectivity index (χ2v) is 3.61. The van der Waals surface area contributed by atoms with E-state index in [1.165, 1.54) is 12.0 Å². The van der Waals surface area contributed by atoms with Crippen molar-refractivity contribution in [3.05, 3.63) is 34.5 Å². The number of allylic oxidation sites excluding steroid dienone is 5. The summed E-state index contributed by atoms with van der Waals surface area (Å²) in [5.41, 5.74) is 1.48. The summed E-state index contributed by atoms with van der Waals surface area (Å²) in [6.45, 7) is 3.70. The fourth-order valence-corrected chi connectivity index (χ4v) is 1.66. The summed E-state index contributed by atoms with van der Waals surface area (Å²) < 4.78 is 1.56. The zero-order valence-corrected chi connectivity index (χ0v) is 7.85. The molecule has 9 heavy (non-hydrogen) atoms. The van der Waals surface area contributed by atoms with Crippen LogP contribution in [0.25, 0.3) is 0 Å². The molecule has 0 bridgehead atoms. The predicted molar refractivity (Wildman–Crippen MR) is 41.4 cm³/mol. The summed E-state index contributed by atoms with van der Waals surface area (Å²) in [5, 5.41) is 0. The van der Waals surface area contributed by atoms with Crippen molar-refractivity contribution in [3.63, 3.8) is 0 Å². The average Bonchev–Trinajstić information content (AvgIpc) is 2.18. The van der Waals surface area contributed by atoms with Gasteiger partial charge in [0, 0.05) is 0 Å². The van der Waals surface area contributed by atoms with Gasteiger partial charge in [0.15, 0.2) is 0 Å². The van der Waals surface area contributed by atoms with Crippen molar-refractivity contribution < 1.29 is 0 Å². The van der Waals surface area contributed by atoms with Gasteiger partial charge in [-0.25, -0.2) is 0 Å². The SMILES string of the molecule is C=CCC1=[C]([Ga])CC=C1. The van der Waals surface area contributed by atoms with E-state index in [9.17, 15) is 0 Å². The van der Waals surface area contributed by atoms with Crippen molar-refractivity contribution in [2.24, 2.45) is 0 Å². The third kappa shape index (κ3) is 1.63. The second-order valence-electron chi connectivity index (χ2n) is 2.15. The molecule has 2 radical (unpaired) electrons. The predicted octanol–water partition coefficient (Wildman–Crippen LogP) is 1.95. The van der Waals surface area contributed by atoms with Crippen LogP contribution in [0.15, 0.2) is 34.5 Å². The summed E-state index contributed by atoms with van der Waals surface area (Å²) >= 11 is 1.75. The Hall–Kier alpha value is -0.144. The molecule has 0 spiro atoms. The maximum atomic E-state index is 3.70. The first-order valence-corrected chi connectivity index (χ1v) is 4.30. The van der Waals surface area contributed by atoms with Gasteiger partial charge >= 0.3 is 65.9 Å². The zero-order valence-electron chi connectivity index (χ0n) is 5.43. The van der Waals surface area contributed by atoms with E-state index in [1.54, 1.807) is 22.7 Å². The van der Waals surface area contributed by atoms with Crippen LogP contribution in [-0.2, 0) is 0 Å². The van der Waals surface area contributed by atoms with Gasteiger partial charge in [0.2, 0.25) is 0 Å². The first-order valence-electron chi connectivity index (χ1n) is 3.09. The molecule has 0 aliphatic heterocycles. The van der Waals surface area contributed by atoms with E-state index >= 15 is 0 Å². The topological polar surface area (TPSA) is 0 Å². The minimum atomic E-state index is 1.05. The van der Waals surface area contributed by atoms with Gasteiger partial charge in [-0.1, -0.05) is 0 Å². The first kappa shape index (κ1) is 6.97. The van der Waals surface area contributed by atoms with Gasteiger partial charge in [0.25, 0.3) is 0 Å². The minimum absolute atomic E-state index is 1.05. The normalized spacial score (nSPS) is 16.9. The molecule has 0 nitrogen and oxygen atoms in total. The molecular formula is C8H9Ga. The maximum absolute atomic E-state index is 3.70. The summed E-state index contributed by atoms with van der Waals surface area (Å²) in [4.78, 5) is 0. The van der Waals surface area contributed by atoms with Gasteiger partial charge in [-0.05, 0) is 0 Å². The molecule has 1 heteroatoms. The molecule has 0 aromatic rings. The van der Waals surface area contributed by atoms with Gasteiger partial charge in [-0.3, -0.25) is 0 Å². The third-order valence-corrected chi connectivity index (χ3v) is 2.71. The standard InChI is InChI=1S/C8H9.Ga/c1-2-5-8-6-3-4-7-8;/h2-3,6H,1,4-5H2;. The Balaban J connectivity index is 2.64. The summed E-state index contributed by atoms with van der Waals surface area (Å²) in [7, 11) is 0. The Morgan fingerprint density at radius 3 is 3.00 bits per heavy atom. The van der Waals surface area contributed by atoms with Crippen LogP contribution in [0.5, 0.6) is 0 Å². The fourth-order valence-electron chi connectivity index (χ4n) is 0.921. The van der Waals surface area contributed by atoms with Gasteiger partial charge in [-0.15, -0.1) is 0 Å². The van der Waals surface area contributed by atoms with E-state index in [2.05, 4.69) is 18.7 Å². The molecule has 1 aliphatic rings. The molecule has 0 heterocycles. The third-order valence-electron chi connectivity index (χ3n) is 1.43. The molecule has 0 saturated heterocycles. The van der Waals surface area contributed by atoms with E-state index in [0.717, 1.165) is 6.42 Å². The fraction of sp³-hybridized carbons (Fsp3) is 0.250. The monoisotopic (exact) mass is 174 g/mol. The Labute approximate surface area is 66.3 Å². The molecule has 0 unspecified atom stereocenters. The molecular weight excluding hydrogens is 166 g/mol. The van der Waals surface area contributed by atoms with Gasteiger partial charge in [0.1, 0.15) is 0 Å². The van der Waals surface area contributed by atoms with Crippen LogP contribution in [0.4, 0.5) is 0 Å². The Kier molecular flexibility index (Phi) is 2.43. The summed E-state index contributed by atoms with van der Waals surface area (Å²) in [5.74, 6) is 0. The van der Waals surface area contributed by atoms with Gasteiger partial charge < -0.3 is 0 Å². The molecule has 1 aliphatic carbocycles.